The number of carbonyl (C=O) groups excluding carboxylic acids is 1. The zero-order valence-corrected chi connectivity index (χ0v) is 12.0. The minimum atomic E-state index is -0.811. The monoisotopic (exact) mass is 291 g/mol. The second-order valence-corrected chi connectivity index (χ2v) is 5.50. The number of hydrogen-bond acceptors (Lipinski definition) is 3. The van der Waals surface area contributed by atoms with Crippen molar-refractivity contribution in [1.29, 1.82) is 0 Å². The van der Waals surface area contributed by atoms with Gasteiger partial charge in [-0.25, -0.2) is 0 Å². The number of rotatable bonds is 9. The summed E-state index contributed by atoms with van der Waals surface area (Å²) in [7, 11) is 0. The summed E-state index contributed by atoms with van der Waals surface area (Å²) in [5.74, 6) is -0.917. The largest absolute Gasteiger partial charge is 0.481 e. The predicted octanol–water partition coefficient (Wildman–Crippen LogP) is 1.96. The third kappa shape index (κ3) is 4.86. The zero-order chi connectivity index (χ0) is 15.1. The minimum Gasteiger partial charge on any atom is -0.481 e. The average Bonchev–Trinajstić information content (AvgIpc) is 3.27. The van der Waals surface area contributed by atoms with Gasteiger partial charge in [0.15, 0.2) is 0 Å². The van der Waals surface area contributed by atoms with E-state index in [0.29, 0.717) is 38.9 Å². The van der Waals surface area contributed by atoms with Crippen LogP contribution in [0.25, 0.3) is 0 Å². The first-order chi connectivity index (χ1) is 10.1. The van der Waals surface area contributed by atoms with Crippen LogP contribution in [0.15, 0.2) is 30.3 Å². The van der Waals surface area contributed by atoms with Crippen molar-refractivity contribution in [1.82, 2.24) is 5.32 Å². The highest BCUT2D eigenvalue weighted by Gasteiger charge is 2.50. The van der Waals surface area contributed by atoms with Crippen LogP contribution in [-0.4, -0.2) is 30.1 Å². The number of amides is 1. The molecule has 1 saturated carbocycles. The molecule has 5 heteroatoms. The molecule has 1 fully saturated rings. The maximum atomic E-state index is 11.6. The highest BCUT2D eigenvalue weighted by molar-refractivity contribution is 5.80. The van der Waals surface area contributed by atoms with Crippen LogP contribution in [0.2, 0.25) is 0 Å². The van der Waals surface area contributed by atoms with Crippen molar-refractivity contribution in [3.8, 4) is 0 Å². The van der Waals surface area contributed by atoms with E-state index in [9.17, 15) is 9.59 Å². The number of aliphatic carboxylic acids is 1. The Hall–Kier alpha value is -1.88. The van der Waals surface area contributed by atoms with E-state index in [-0.39, 0.29) is 12.5 Å². The van der Waals surface area contributed by atoms with Gasteiger partial charge < -0.3 is 15.2 Å². The standard InChI is InChI=1S/C16H21NO4/c18-14(17-12-16(8-9-16)15(19)20)7-4-10-21-11-13-5-2-1-3-6-13/h1-3,5-6H,4,7-12H2,(H,17,18)(H,19,20). The quantitative estimate of drug-likeness (QED) is 0.682. The number of carboxylic acid groups (broad SMARTS) is 1. The van der Waals surface area contributed by atoms with Crippen LogP contribution in [0.5, 0.6) is 0 Å². The summed E-state index contributed by atoms with van der Waals surface area (Å²) in [6.07, 6.45) is 2.31. The van der Waals surface area contributed by atoms with E-state index < -0.39 is 11.4 Å². The van der Waals surface area contributed by atoms with Gasteiger partial charge in [0.25, 0.3) is 0 Å². The van der Waals surface area contributed by atoms with Crippen LogP contribution in [0.1, 0.15) is 31.2 Å². The van der Waals surface area contributed by atoms with E-state index in [1.165, 1.54) is 0 Å². The molecule has 2 N–H and O–H groups in total. The first-order valence-corrected chi connectivity index (χ1v) is 7.24. The van der Waals surface area contributed by atoms with Gasteiger partial charge in [-0.1, -0.05) is 30.3 Å². The summed E-state index contributed by atoms with van der Waals surface area (Å²) in [5.41, 5.74) is 0.415. The van der Waals surface area contributed by atoms with Crippen molar-refractivity contribution in [3.05, 3.63) is 35.9 Å². The van der Waals surface area contributed by atoms with Crippen LogP contribution >= 0.6 is 0 Å². The molecule has 0 spiro atoms. The van der Waals surface area contributed by atoms with Gasteiger partial charge >= 0.3 is 5.97 Å². The third-order valence-electron chi connectivity index (χ3n) is 3.74. The van der Waals surface area contributed by atoms with Crippen molar-refractivity contribution >= 4 is 11.9 Å². The third-order valence-corrected chi connectivity index (χ3v) is 3.74. The van der Waals surface area contributed by atoms with E-state index in [0.717, 1.165) is 5.56 Å². The van der Waals surface area contributed by atoms with Gasteiger partial charge in [-0.15, -0.1) is 0 Å². The highest BCUT2D eigenvalue weighted by Crippen LogP contribution is 2.45. The average molecular weight is 291 g/mol. The number of carbonyl (C=O) groups is 2. The Kier molecular flexibility index (Phi) is 5.33. The number of ether oxygens (including phenoxy) is 1. The molecule has 0 aromatic heterocycles. The number of nitrogens with one attached hydrogen (secondary N) is 1. The molecule has 21 heavy (non-hydrogen) atoms. The second kappa shape index (κ2) is 7.22. The molecule has 0 radical (unpaired) electrons. The van der Waals surface area contributed by atoms with Gasteiger partial charge in [0.05, 0.1) is 12.0 Å². The van der Waals surface area contributed by atoms with Gasteiger partial charge in [0.1, 0.15) is 0 Å². The first kappa shape index (κ1) is 15.5. The fourth-order valence-electron chi connectivity index (χ4n) is 2.07. The van der Waals surface area contributed by atoms with Crippen LogP contribution in [0.3, 0.4) is 0 Å². The molecule has 0 atom stereocenters. The molecule has 0 aliphatic heterocycles. The van der Waals surface area contributed by atoms with Gasteiger partial charge in [0.2, 0.25) is 5.91 Å². The van der Waals surface area contributed by atoms with E-state index >= 15 is 0 Å². The van der Waals surface area contributed by atoms with Crippen molar-refractivity contribution in [2.45, 2.75) is 32.3 Å². The van der Waals surface area contributed by atoms with Gasteiger partial charge in [0, 0.05) is 19.6 Å². The Morgan fingerprint density at radius 3 is 2.57 bits per heavy atom. The summed E-state index contributed by atoms with van der Waals surface area (Å²) in [4.78, 5) is 22.6. The van der Waals surface area contributed by atoms with E-state index in [4.69, 9.17) is 9.84 Å². The maximum absolute atomic E-state index is 11.6. The van der Waals surface area contributed by atoms with Gasteiger partial charge in [-0.3, -0.25) is 9.59 Å². The molecular formula is C16H21NO4. The lowest BCUT2D eigenvalue weighted by Crippen LogP contribution is -2.34. The van der Waals surface area contributed by atoms with E-state index in [1.807, 2.05) is 30.3 Å². The molecule has 114 valence electrons. The molecule has 5 nitrogen and oxygen atoms in total. The van der Waals surface area contributed by atoms with E-state index in [2.05, 4.69) is 5.32 Å². The molecule has 0 unspecified atom stereocenters. The molecule has 1 aromatic carbocycles. The fraction of sp³-hybridized carbons (Fsp3) is 0.500. The summed E-state index contributed by atoms with van der Waals surface area (Å²) in [5, 5.41) is 11.7. The molecule has 0 saturated heterocycles. The Labute approximate surface area is 124 Å². The molecule has 1 amide bonds. The van der Waals surface area contributed by atoms with Gasteiger partial charge in [-0.2, -0.15) is 0 Å². The topological polar surface area (TPSA) is 75.6 Å². The summed E-state index contributed by atoms with van der Waals surface area (Å²) >= 11 is 0. The molecular weight excluding hydrogens is 270 g/mol. The Bertz CT molecular complexity index is 482. The van der Waals surface area contributed by atoms with Crippen molar-refractivity contribution in [2.75, 3.05) is 13.2 Å². The molecule has 1 aromatic rings. The lowest BCUT2D eigenvalue weighted by molar-refractivity contribution is -0.143. The molecule has 1 aliphatic carbocycles. The van der Waals surface area contributed by atoms with Crippen LogP contribution in [0.4, 0.5) is 0 Å². The summed E-state index contributed by atoms with van der Waals surface area (Å²) < 4.78 is 5.49. The second-order valence-electron chi connectivity index (χ2n) is 5.50. The molecule has 2 rings (SSSR count). The molecule has 0 bridgehead atoms. The lowest BCUT2D eigenvalue weighted by Gasteiger charge is -2.11. The zero-order valence-electron chi connectivity index (χ0n) is 12.0. The number of hydrogen-bond donors (Lipinski definition) is 2. The van der Waals surface area contributed by atoms with Crippen LogP contribution in [-0.2, 0) is 20.9 Å². The molecule has 1 aliphatic rings. The van der Waals surface area contributed by atoms with Crippen molar-refractivity contribution in [3.63, 3.8) is 0 Å². The Morgan fingerprint density at radius 1 is 1.24 bits per heavy atom. The van der Waals surface area contributed by atoms with Crippen molar-refractivity contribution < 1.29 is 19.4 Å². The number of carboxylic acids is 1. The lowest BCUT2D eigenvalue weighted by atomic mass is 10.1. The highest BCUT2D eigenvalue weighted by atomic mass is 16.5. The van der Waals surface area contributed by atoms with E-state index in [1.54, 1.807) is 0 Å². The van der Waals surface area contributed by atoms with Crippen LogP contribution < -0.4 is 5.32 Å². The van der Waals surface area contributed by atoms with Crippen molar-refractivity contribution in [2.24, 2.45) is 5.41 Å². The SMILES string of the molecule is O=C(CCCOCc1ccccc1)NCC1(C(=O)O)CC1. The fourth-order valence-corrected chi connectivity index (χ4v) is 2.07. The predicted molar refractivity (Wildman–Crippen MR) is 77.6 cm³/mol. The normalized spacial score (nSPS) is 15.4. The van der Waals surface area contributed by atoms with Crippen LogP contribution in [0, 0.1) is 5.41 Å². The Balaban J connectivity index is 1.53. The molecule has 0 heterocycles. The Morgan fingerprint density at radius 2 is 1.95 bits per heavy atom. The summed E-state index contributed by atoms with van der Waals surface area (Å²) in [6.45, 7) is 1.31. The smallest absolute Gasteiger partial charge is 0.311 e. The first-order valence-electron chi connectivity index (χ1n) is 7.24. The maximum Gasteiger partial charge on any atom is 0.311 e. The van der Waals surface area contributed by atoms with Gasteiger partial charge in [-0.05, 0) is 24.8 Å². The minimum absolute atomic E-state index is 0.106. The summed E-state index contributed by atoms with van der Waals surface area (Å²) in [6, 6.07) is 9.86. The number of benzene rings is 1.